The van der Waals surface area contributed by atoms with Crippen LogP contribution in [0.1, 0.15) is 29.1 Å². The Kier molecular flexibility index (Phi) is 3.61. The van der Waals surface area contributed by atoms with Crippen molar-refractivity contribution in [3.63, 3.8) is 0 Å². The molecule has 1 N–H and O–H groups in total. The molecule has 0 saturated heterocycles. The zero-order valence-corrected chi connectivity index (χ0v) is 10.2. The average molecular weight is 260 g/mol. The number of H-pyrrole nitrogens is 1. The van der Waals surface area contributed by atoms with Gasteiger partial charge in [-0.05, 0) is 24.6 Å². The van der Waals surface area contributed by atoms with Gasteiger partial charge in [0.1, 0.15) is 11.8 Å². The van der Waals surface area contributed by atoms with Crippen molar-refractivity contribution in [2.75, 3.05) is 0 Å². The highest BCUT2D eigenvalue weighted by molar-refractivity contribution is 5.87. The van der Waals surface area contributed by atoms with Gasteiger partial charge < -0.3 is 9.72 Å². The first kappa shape index (κ1) is 12.8. The number of nitro groups is 1. The Morgan fingerprint density at radius 3 is 2.79 bits per heavy atom. The minimum atomic E-state index is -0.560. The van der Waals surface area contributed by atoms with Crippen LogP contribution < -0.4 is 0 Å². The minimum Gasteiger partial charge on any atom is -0.453 e. The number of ether oxygens (including phenoxy) is 1. The van der Waals surface area contributed by atoms with E-state index in [2.05, 4.69) is 4.98 Å². The maximum atomic E-state index is 11.7. The van der Waals surface area contributed by atoms with E-state index in [0.717, 1.165) is 0 Å². The number of nitrogens with one attached hydrogen (secondary N) is 1. The van der Waals surface area contributed by atoms with Crippen LogP contribution in [0.5, 0.6) is 0 Å². The number of aromatic nitrogens is 1. The summed E-state index contributed by atoms with van der Waals surface area (Å²) in [5.41, 5.74) is 0.895. The molecule has 19 heavy (non-hydrogen) atoms. The number of carbonyl (C=O) groups excluding carboxylic acids is 1. The molecule has 0 aliphatic heterocycles. The number of nitrogens with zero attached hydrogens (tertiary/aromatic N) is 1. The summed E-state index contributed by atoms with van der Waals surface area (Å²) in [5, 5.41) is 10.7. The van der Waals surface area contributed by atoms with E-state index in [9.17, 15) is 14.9 Å². The van der Waals surface area contributed by atoms with Crippen LogP contribution in [0.2, 0.25) is 0 Å². The first-order valence-corrected chi connectivity index (χ1v) is 5.66. The van der Waals surface area contributed by atoms with Crippen LogP contribution >= 0.6 is 0 Å². The maximum absolute atomic E-state index is 11.7. The number of aromatic amines is 1. The third-order valence-corrected chi connectivity index (χ3v) is 2.65. The van der Waals surface area contributed by atoms with Gasteiger partial charge in [0.25, 0.3) is 5.69 Å². The predicted molar refractivity (Wildman–Crippen MR) is 67.7 cm³/mol. The number of rotatable bonds is 4. The number of carbonyl (C=O) groups is 1. The predicted octanol–water partition coefficient (Wildman–Crippen LogP) is 2.84. The molecule has 1 heterocycles. The van der Waals surface area contributed by atoms with Crippen molar-refractivity contribution in [1.82, 2.24) is 4.98 Å². The van der Waals surface area contributed by atoms with Crippen molar-refractivity contribution in [2.24, 2.45) is 0 Å². The molecular weight excluding hydrogens is 248 g/mol. The van der Waals surface area contributed by atoms with E-state index in [0.29, 0.717) is 11.3 Å². The van der Waals surface area contributed by atoms with Crippen LogP contribution in [0, 0.1) is 10.1 Å². The normalized spacial score (nSPS) is 11.8. The Labute approximate surface area is 109 Å². The molecular formula is C13H12N2O4. The van der Waals surface area contributed by atoms with Gasteiger partial charge in [0.15, 0.2) is 0 Å². The summed E-state index contributed by atoms with van der Waals surface area (Å²) in [5.74, 6) is -0.496. The van der Waals surface area contributed by atoms with Crippen molar-refractivity contribution < 1.29 is 14.5 Å². The van der Waals surface area contributed by atoms with Gasteiger partial charge in [-0.1, -0.05) is 12.1 Å². The molecule has 0 spiro atoms. The summed E-state index contributed by atoms with van der Waals surface area (Å²) in [6.45, 7) is 1.67. The highest BCUT2D eigenvalue weighted by Crippen LogP contribution is 2.22. The van der Waals surface area contributed by atoms with E-state index >= 15 is 0 Å². The lowest BCUT2D eigenvalue weighted by Crippen LogP contribution is -2.09. The quantitative estimate of drug-likeness (QED) is 0.520. The minimum absolute atomic E-state index is 0.0275. The van der Waals surface area contributed by atoms with Crippen LogP contribution in [-0.4, -0.2) is 15.9 Å². The lowest BCUT2D eigenvalue weighted by atomic mass is 10.1. The van der Waals surface area contributed by atoms with Crippen molar-refractivity contribution in [3.8, 4) is 0 Å². The summed E-state index contributed by atoms with van der Waals surface area (Å²) in [7, 11) is 0. The number of nitro benzene ring substituents is 1. The Morgan fingerprint density at radius 2 is 2.16 bits per heavy atom. The molecule has 1 aromatic heterocycles. The SMILES string of the molecule is C[C@@H](OC(=O)c1ccc[nH]1)c1cccc([N+](=O)[O-])c1. The summed E-state index contributed by atoms with van der Waals surface area (Å²) in [6.07, 6.45) is 1.06. The van der Waals surface area contributed by atoms with Gasteiger partial charge in [0, 0.05) is 18.3 Å². The van der Waals surface area contributed by atoms with E-state index in [1.165, 1.54) is 12.1 Å². The Balaban J connectivity index is 2.11. The second kappa shape index (κ2) is 5.34. The molecule has 0 radical (unpaired) electrons. The molecule has 6 heteroatoms. The fraction of sp³-hybridized carbons (Fsp3) is 0.154. The van der Waals surface area contributed by atoms with Gasteiger partial charge >= 0.3 is 5.97 Å². The summed E-state index contributed by atoms with van der Waals surface area (Å²) < 4.78 is 5.22. The summed E-state index contributed by atoms with van der Waals surface area (Å²) in [4.78, 5) is 24.7. The van der Waals surface area contributed by atoms with Crippen LogP contribution in [0.25, 0.3) is 0 Å². The van der Waals surface area contributed by atoms with Crippen LogP contribution in [0.3, 0.4) is 0 Å². The van der Waals surface area contributed by atoms with E-state index < -0.39 is 17.0 Å². The number of hydrogen-bond donors (Lipinski definition) is 1. The maximum Gasteiger partial charge on any atom is 0.355 e. The summed E-state index contributed by atoms with van der Waals surface area (Å²) in [6, 6.07) is 9.32. The largest absolute Gasteiger partial charge is 0.453 e. The Bertz CT molecular complexity index is 592. The standard InChI is InChI=1S/C13H12N2O4/c1-9(19-13(16)12-6-3-7-14-12)10-4-2-5-11(8-10)15(17)18/h2-9,14H,1H3/t9-/m1/s1. The highest BCUT2D eigenvalue weighted by Gasteiger charge is 2.16. The molecule has 6 nitrogen and oxygen atoms in total. The molecule has 0 amide bonds. The smallest absolute Gasteiger partial charge is 0.355 e. The number of hydrogen-bond acceptors (Lipinski definition) is 4. The Morgan fingerprint density at radius 1 is 1.37 bits per heavy atom. The topological polar surface area (TPSA) is 85.2 Å². The summed E-state index contributed by atoms with van der Waals surface area (Å²) >= 11 is 0. The zero-order valence-electron chi connectivity index (χ0n) is 10.2. The van der Waals surface area contributed by atoms with Gasteiger partial charge in [-0.2, -0.15) is 0 Å². The van der Waals surface area contributed by atoms with Gasteiger partial charge in [-0.25, -0.2) is 4.79 Å². The molecule has 2 aromatic rings. The molecule has 98 valence electrons. The van der Waals surface area contributed by atoms with Crippen LogP contribution in [0.15, 0.2) is 42.6 Å². The molecule has 2 rings (SSSR count). The lowest BCUT2D eigenvalue weighted by molar-refractivity contribution is -0.385. The molecule has 0 unspecified atom stereocenters. The Hall–Kier alpha value is -2.63. The molecule has 1 atom stereocenters. The molecule has 0 aliphatic carbocycles. The molecule has 1 aromatic carbocycles. The van der Waals surface area contributed by atoms with Gasteiger partial charge in [-0.15, -0.1) is 0 Å². The monoisotopic (exact) mass is 260 g/mol. The van der Waals surface area contributed by atoms with Crippen molar-refractivity contribution in [2.45, 2.75) is 13.0 Å². The van der Waals surface area contributed by atoms with E-state index in [1.54, 1.807) is 37.4 Å². The lowest BCUT2D eigenvalue weighted by Gasteiger charge is -2.12. The molecule has 0 fully saturated rings. The van der Waals surface area contributed by atoms with E-state index in [-0.39, 0.29) is 5.69 Å². The number of non-ortho nitro benzene ring substituents is 1. The zero-order chi connectivity index (χ0) is 13.8. The highest BCUT2D eigenvalue weighted by atomic mass is 16.6. The van der Waals surface area contributed by atoms with Crippen LogP contribution in [0.4, 0.5) is 5.69 Å². The third-order valence-electron chi connectivity index (χ3n) is 2.65. The number of esters is 1. The first-order valence-electron chi connectivity index (χ1n) is 5.66. The fourth-order valence-electron chi connectivity index (χ4n) is 1.64. The van der Waals surface area contributed by atoms with E-state index in [1.807, 2.05) is 0 Å². The number of benzene rings is 1. The van der Waals surface area contributed by atoms with E-state index in [4.69, 9.17) is 4.74 Å². The van der Waals surface area contributed by atoms with Crippen molar-refractivity contribution in [1.29, 1.82) is 0 Å². The third kappa shape index (κ3) is 2.98. The van der Waals surface area contributed by atoms with Gasteiger partial charge in [0.05, 0.1) is 4.92 Å². The van der Waals surface area contributed by atoms with Crippen LogP contribution in [-0.2, 0) is 4.74 Å². The first-order chi connectivity index (χ1) is 9.08. The average Bonchev–Trinajstić information content (AvgIpc) is 2.92. The van der Waals surface area contributed by atoms with Crippen molar-refractivity contribution in [3.05, 3.63) is 64.0 Å². The van der Waals surface area contributed by atoms with Gasteiger partial charge in [-0.3, -0.25) is 10.1 Å². The van der Waals surface area contributed by atoms with Gasteiger partial charge in [0.2, 0.25) is 0 Å². The second-order valence-electron chi connectivity index (χ2n) is 3.98. The molecule has 0 bridgehead atoms. The van der Waals surface area contributed by atoms with Crippen molar-refractivity contribution >= 4 is 11.7 Å². The fourth-order valence-corrected chi connectivity index (χ4v) is 1.64. The molecule has 0 saturated carbocycles. The second-order valence-corrected chi connectivity index (χ2v) is 3.98. The molecule has 0 aliphatic rings.